The predicted molar refractivity (Wildman–Crippen MR) is 90.0 cm³/mol. The van der Waals surface area contributed by atoms with E-state index < -0.39 is 0 Å². The third-order valence-electron chi connectivity index (χ3n) is 4.81. The summed E-state index contributed by atoms with van der Waals surface area (Å²) in [5, 5.41) is 0. The first kappa shape index (κ1) is 14.3. The third-order valence-corrected chi connectivity index (χ3v) is 4.81. The lowest BCUT2D eigenvalue weighted by molar-refractivity contribution is 0.454. The maximum atomic E-state index is 6.36. The fourth-order valence-corrected chi connectivity index (χ4v) is 3.43. The maximum absolute atomic E-state index is 6.36. The van der Waals surface area contributed by atoms with Crippen LogP contribution in [0.4, 0.5) is 0 Å². The predicted octanol–water partition coefficient (Wildman–Crippen LogP) is 5.32. The van der Waals surface area contributed by atoms with Gasteiger partial charge in [0.05, 0.1) is 0 Å². The van der Waals surface area contributed by atoms with Gasteiger partial charge in [-0.3, -0.25) is 0 Å². The molecule has 0 bridgehead atoms. The Labute approximate surface area is 128 Å². The second-order valence-corrected chi connectivity index (χ2v) is 6.32. The molecular formula is C20H25N. The average molecular weight is 279 g/mol. The van der Waals surface area contributed by atoms with E-state index in [1.807, 2.05) is 0 Å². The molecule has 1 unspecified atom stereocenters. The highest BCUT2D eigenvalue weighted by Gasteiger charge is 2.16. The Balaban J connectivity index is 1.60. The van der Waals surface area contributed by atoms with Crippen LogP contribution < -0.4 is 5.73 Å². The third kappa shape index (κ3) is 3.74. The molecule has 0 saturated heterocycles. The molecule has 0 amide bonds. The van der Waals surface area contributed by atoms with Gasteiger partial charge in [-0.05, 0) is 35.4 Å². The Hall–Kier alpha value is -1.60. The molecule has 1 heteroatoms. The van der Waals surface area contributed by atoms with Gasteiger partial charge in [0.1, 0.15) is 0 Å². The normalized spacial score (nSPS) is 17.0. The van der Waals surface area contributed by atoms with Crippen LogP contribution in [0.1, 0.15) is 50.1 Å². The summed E-state index contributed by atoms with van der Waals surface area (Å²) in [6.07, 6.45) is 8.09. The second kappa shape index (κ2) is 6.91. The summed E-state index contributed by atoms with van der Waals surface area (Å²) < 4.78 is 0. The molecule has 0 heterocycles. The summed E-state index contributed by atoms with van der Waals surface area (Å²) in [4.78, 5) is 0. The van der Waals surface area contributed by atoms with Crippen molar-refractivity contribution in [1.82, 2.24) is 0 Å². The van der Waals surface area contributed by atoms with Gasteiger partial charge in [0, 0.05) is 6.04 Å². The number of benzene rings is 2. The van der Waals surface area contributed by atoms with Crippen LogP contribution in [0.2, 0.25) is 0 Å². The molecule has 1 aliphatic rings. The molecule has 1 fully saturated rings. The quantitative estimate of drug-likeness (QED) is 0.787. The molecule has 0 aliphatic heterocycles. The van der Waals surface area contributed by atoms with Crippen LogP contribution in [-0.2, 0) is 0 Å². The summed E-state index contributed by atoms with van der Waals surface area (Å²) in [6.45, 7) is 0. The highest BCUT2D eigenvalue weighted by atomic mass is 14.6. The minimum Gasteiger partial charge on any atom is -0.324 e. The van der Waals surface area contributed by atoms with E-state index in [0.29, 0.717) is 0 Å². The standard InChI is InChI=1S/C20H25N/c21-20(15-10-16-6-4-5-7-16)19-13-11-18(12-14-19)17-8-2-1-3-9-17/h1-3,8-9,11-14,16,20H,4-7,10,15,21H2. The van der Waals surface area contributed by atoms with Crippen LogP contribution in [0.25, 0.3) is 11.1 Å². The van der Waals surface area contributed by atoms with Crippen LogP contribution in [0.5, 0.6) is 0 Å². The van der Waals surface area contributed by atoms with E-state index in [1.165, 1.54) is 48.8 Å². The molecule has 0 spiro atoms. The van der Waals surface area contributed by atoms with E-state index in [2.05, 4.69) is 54.6 Å². The number of nitrogens with two attached hydrogens (primary N) is 1. The summed E-state index contributed by atoms with van der Waals surface area (Å²) in [5.74, 6) is 0.930. The fraction of sp³-hybridized carbons (Fsp3) is 0.400. The number of hydrogen-bond acceptors (Lipinski definition) is 1. The molecule has 1 aliphatic carbocycles. The first-order chi connectivity index (χ1) is 10.3. The van der Waals surface area contributed by atoms with Crippen molar-refractivity contribution in [1.29, 1.82) is 0 Å². The van der Waals surface area contributed by atoms with Crippen LogP contribution in [0.3, 0.4) is 0 Å². The van der Waals surface area contributed by atoms with Crippen LogP contribution in [0, 0.1) is 5.92 Å². The minimum atomic E-state index is 0.190. The van der Waals surface area contributed by atoms with Gasteiger partial charge in [-0.2, -0.15) is 0 Å². The van der Waals surface area contributed by atoms with Crippen molar-refractivity contribution >= 4 is 0 Å². The highest BCUT2D eigenvalue weighted by Crippen LogP contribution is 2.31. The molecule has 1 atom stereocenters. The van der Waals surface area contributed by atoms with E-state index in [4.69, 9.17) is 5.73 Å². The van der Waals surface area contributed by atoms with E-state index in [0.717, 1.165) is 12.3 Å². The lowest BCUT2D eigenvalue weighted by atomic mass is 9.94. The van der Waals surface area contributed by atoms with Crippen LogP contribution >= 0.6 is 0 Å². The van der Waals surface area contributed by atoms with Gasteiger partial charge >= 0.3 is 0 Å². The highest BCUT2D eigenvalue weighted by molar-refractivity contribution is 5.63. The first-order valence-corrected chi connectivity index (χ1v) is 8.24. The SMILES string of the molecule is NC(CCC1CCCC1)c1ccc(-c2ccccc2)cc1. The lowest BCUT2D eigenvalue weighted by Crippen LogP contribution is -2.11. The molecule has 2 aromatic rings. The zero-order valence-corrected chi connectivity index (χ0v) is 12.7. The molecule has 2 N–H and O–H groups in total. The zero-order chi connectivity index (χ0) is 14.5. The molecule has 2 aromatic carbocycles. The largest absolute Gasteiger partial charge is 0.324 e. The molecule has 21 heavy (non-hydrogen) atoms. The smallest absolute Gasteiger partial charge is 0.0294 e. The Morgan fingerprint density at radius 3 is 2.14 bits per heavy atom. The Kier molecular flexibility index (Phi) is 4.72. The van der Waals surface area contributed by atoms with Crippen molar-refractivity contribution in [3.63, 3.8) is 0 Å². The van der Waals surface area contributed by atoms with E-state index in [9.17, 15) is 0 Å². The Morgan fingerprint density at radius 2 is 1.48 bits per heavy atom. The van der Waals surface area contributed by atoms with Crippen molar-refractivity contribution < 1.29 is 0 Å². The molecule has 0 radical (unpaired) electrons. The minimum absolute atomic E-state index is 0.190. The van der Waals surface area contributed by atoms with Crippen molar-refractivity contribution in [2.75, 3.05) is 0 Å². The summed E-state index contributed by atoms with van der Waals surface area (Å²) in [5.41, 5.74) is 10.2. The summed E-state index contributed by atoms with van der Waals surface area (Å²) >= 11 is 0. The number of hydrogen-bond donors (Lipinski definition) is 1. The summed E-state index contributed by atoms with van der Waals surface area (Å²) in [7, 11) is 0. The van der Waals surface area contributed by atoms with Crippen LogP contribution in [0.15, 0.2) is 54.6 Å². The molecule has 0 aromatic heterocycles. The molecule has 3 rings (SSSR count). The van der Waals surface area contributed by atoms with Crippen molar-refractivity contribution in [3.8, 4) is 11.1 Å². The van der Waals surface area contributed by atoms with Crippen LogP contribution in [-0.4, -0.2) is 0 Å². The van der Waals surface area contributed by atoms with Crippen molar-refractivity contribution in [2.24, 2.45) is 11.7 Å². The lowest BCUT2D eigenvalue weighted by Gasteiger charge is -2.15. The first-order valence-electron chi connectivity index (χ1n) is 8.24. The van der Waals surface area contributed by atoms with E-state index >= 15 is 0 Å². The maximum Gasteiger partial charge on any atom is 0.0294 e. The Morgan fingerprint density at radius 1 is 0.857 bits per heavy atom. The Bertz CT molecular complexity index is 538. The van der Waals surface area contributed by atoms with Gasteiger partial charge in [0.2, 0.25) is 0 Å². The van der Waals surface area contributed by atoms with Crippen molar-refractivity contribution in [2.45, 2.75) is 44.6 Å². The van der Waals surface area contributed by atoms with Gasteiger partial charge < -0.3 is 5.73 Å². The van der Waals surface area contributed by atoms with Gasteiger partial charge in [-0.25, -0.2) is 0 Å². The van der Waals surface area contributed by atoms with Gasteiger partial charge in [-0.15, -0.1) is 0 Å². The monoisotopic (exact) mass is 279 g/mol. The van der Waals surface area contributed by atoms with E-state index in [-0.39, 0.29) is 6.04 Å². The fourth-order valence-electron chi connectivity index (χ4n) is 3.43. The average Bonchev–Trinajstić information content (AvgIpc) is 3.07. The van der Waals surface area contributed by atoms with Gasteiger partial charge in [0.15, 0.2) is 0 Å². The molecular weight excluding hydrogens is 254 g/mol. The topological polar surface area (TPSA) is 26.0 Å². The molecule has 1 saturated carbocycles. The van der Waals surface area contributed by atoms with E-state index in [1.54, 1.807) is 0 Å². The van der Waals surface area contributed by atoms with Crippen molar-refractivity contribution in [3.05, 3.63) is 60.2 Å². The molecule has 1 nitrogen and oxygen atoms in total. The zero-order valence-electron chi connectivity index (χ0n) is 12.7. The van der Waals surface area contributed by atoms with Gasteiger partial charge in [0.25, 0.3) is 0 Å². The number of rotatable bonds is 5. The van der Waals surface area contributed by atoms with Gasteiger partial charge in [-0.1, -0.05) is 80.3 Å². The summed E-state index contributed by atoms with van der Waals surface area (Å²) in [6, 6.07) is 19.5. The molecule has 110 valence electrons. The second-order valence-electron chi connectivity index (χ2n) is 6.32.